The molecule has 0 radical (unpaired) electrons. The molecule has 0 saturated heterocycles. The maximum absolute atomic E-state index is 6.77. The van der Waals surface area contributed by atoms with E-state index in [0.717, 1.165) is 21.5 Å². The molecule has 2 aromatic rings. The number of hydrogen-bond acceptors (Lipinski definition) is 2. The molecule has 4 heteroatoms. The normalized spacial score (nSPS) is 18.0. The highest BCUT2D eigenvalue weighted by Gasteiger charge is 2.32. The fourth-order valence-corrected chi connectivity index (χ4v) is 3.43. The molecule has 2 atom stereocenters. The van der Waals surface area contributed by atoms with E-state index in [9.17, 15) is 0 Å². The van der Waals surface area contributed by atoms with Crippen LogP contribution in [0.25, 0.3) is 0 Å². The second-order valence-corrected chi connectivity index (χ2v) is 6.36. The molecule has 0 aliphatic carbocycles. The lowest BCUT2D eigenvalue weighted by atomic mass is 9.93. The Bertz CT molecular complexity index is 644. The van der Waals surface area contributed by atoms with Gasteiger partial charge in [0, 0.05) is 21.5 Å². The Hall–Kier alpha value is -1.19. The highest BCUT2D eigenvalue weighted by Crippen LogP contribution is 2.47. The molecule has 1 aliphatic heterocycles. The molecule has 21 heavy (non-hydrogen) atoms. The number of rotatable bonds is 4. The van der Waals surface area contributed by atoms with Gasteiger partial charge in [-0.15, -0.1) is 11.6 Å². The molecule has 0 aromatic heterocycles. The van der Waals surface area contributed by atoms with Crippen molar-refractivity contribution in [3.05, 3.63) is 58.1 Å². The van der Waals surface area contributed by atoms with Crippen LogP contribution in [-0.4, -0.2) is 13.2 Å². The lowest BCUT2D eigenvalue weighted by Gasteiger charge is -2.20. The van der Waals surface area contributed by atoms with E-state index in [1.807, 2.05) is 43.3 Å². The molecule has 0 spiro atoms. The third kappa shape index (κ3) is 2.90. The molecule has 0 bridgehead atoms. The second kappa shape index (κ2) is 6.29. The standard InChI is InChI=1S/C17H16BrClO2/c1-2-20-16-8-7-11(18)9-13(16)17(19)14-10-21-15-6-4-3-5-12(14)15/h3-9,14,17H,2,10H2,1H3. The number of alkyl halides is 1. The Morgan fingerprint density at radius 3 is 2.95 bits per heavy atom. The first-order chi connectivity index (χ1) is 10.2. The van der Waals surface area contributed by atoms with Crippen molar-refractivity contribution in [3.63, 3.8) is 0 Å². The highest BCUT2D eigenvalue weighted by molar-refractivity contribution is 9.10. The summed E-state index contributed by atoms with van der Waals surface area (Å²) >= 11 is 10.3. The number of fused-ring (bicyclic) bond motifs is 1. The minimum atomic E-state index is -0.187. The minimum absolute atomic E-state index is 0.136. The lowest BCUT2D eigenvalue weighted by Crippen LogP contribution is -2.10. The van der Waals surface area contributed by atoms with Crippen LogP contribution >= 0.6 is 27.5 Å². The molecular formula is C17H16BrClO2. The van der Waals surface area contributed by atoms with Crippen molar-refractivity contribution >= 4 is 27.5 Å². The zero-order valence-corrected chi connectivity index (χ0v) is 14.0. The van der Waals surface area contributed by atoms with Gasteiger partial charge in [-0.25, -0.2) is 0 Å². The van der Waals surface area contributed by atoms with Crippen molar-refractivity contribution < 1.29 is 9.47 Å². The van der Waals surface area contributed by atoms with Gasteiger partial charge in [0.05, 0.1) is 18.6 Å². The van der Waals surface area contributed by atoms with Gasteiger partial charge in [0.15, 0.2) is 0 Å². The molecule has 2 aromatic carbocycles. The summed E-state index contributed by atoms with van der Waals surface area (Å²) in [5, 5.41) is -0.187. The second-order valence-electron chi connectivity index (χ2n) is 4.97. The minimum Gasteiger partial charge on any atom is -0.494 e. The van der Waals surface area contributed by atoms with Gasteiger partial charge in [-0.1, -0.05) is 34.1 Å². The van der Waals surface area contributed by atoms with Crippen LogP contribution in [0, 0.1) is 0 Å². The molecule has 1 aliphatic rings. The van der Waals surface area contributed by atoms with Crippen LogP contribution in [0.3, 0.4) is 0 Å². The Kier molecular flexibility index (Phi) is 4.41. The van der Waals surface area contributed by atoms with E-state index in [1.165, 1.54) is 5.56 Å². The molecular weight excluding hydrogens is 352 g/mol. The van der Waals surface area contributed by atoms with E-state index in [0.29, 0.717) is 13.2 Å². The quantitative estimate of drug-likeness (QED) is 0.682. The van der Waals surface area contributed by atoms with E-state index < -0.39 is 0 Å². The van der Waals surface area contributed by atoms with E-state index in [1.54, 1.807) is 0 Å². The number of benzene rings is 2. The van der Waals surface area contributed by atoms with Gasteiger partial charge in [0.1, 0.15) is 11.5 Å². The van der Waals surface area contributed by atoms with Crippen LogP contribution < -0.4 is 9.47 Å². The zero-order valence-electron chi connectivity index (χ0n) is 11.7. The molecule has 0 fully saturated rings. The van der Waals surface area contributed by atoms with Gasteiger partial charge < -0.3 is 9.47 Å². The van der Waals surface area contributed by atoms with E-state index in [4.69, 9.17) is 21.1 Å². The van der Waals surface area contributed by atoms with Crippen molar-refractivity contribution in [2.45, 2.75) is 18.2 Å². The van der Waals surface area contributed by atoms with Crippen LogP contribution in [0.2, 0.25) is 0 Å². The third-order valence-corrected chi connectivity index (χ3v) is 4.69. The van der Waals surface area contributed by atoms with Crippen molar-refractivity contribution in [1.82, 2.24) is 0 Å². The summed E-state index contributed by atoms with van der Waals surface area (Å²) < 4.78 is 12.5. The van der Waals surface area contributed by atoms with Gasteiger partial charge in [-0.2, -0.15) is 0 Å². The van der Waals surface area contributed by atoms with Crippen molar-refractivity contribution in [2.24, 2.45) is 0 Å². The van der Waals surface area contributed by atoms with Crippen LogP contribution in [0.5, 0.6) is 11.5 Å². The number of halogens is 2. The van der Waals surface area contributed by atoms with Crippen molar-refractivity contribution in [3.8, 4) is 11.5 Å². The van der Waals surface area contributed by atoms with E-state index in [2.05, 4.69) is 22.0 Å². The van der Waals surface area contributed by atoms with Crippen molar-refractivity contribution in [2.75, 3.05) is 13.2 Å². The monoisotopic (exact) mass is 366 g/mol. The van der Waals surface area contributed by atoms with Crippen molar-refractivity contribution in [1.29, 1.82) is 0 Å². The summed E-state index contributed by atoms with van der Waals surface area (Å²) in [6.45, 7) is 3.20. The summed E-state index contributed by atoms with van der Waals surface area (Å²) in [7, 11) is 0. The number of para-hydroxylation sites is 1. The molecule has 2 nitrogen and oxygen atoms in total. The Morgan fingerprint density at radius 2 is 2.14 bits per heavy atom. The van der Waals surface area contributed by atoms with Gasteiger partial charge in [0.2, 0.25) is 0 Å². The van der Waals surface area contributed by atoms with Gasteiger partial charge in [-0.05, 0) is 31.2 Å². The maximum Gasteiger partial charge on any atom is 0.124 e. The van der Waals surface area contributed by atoms with Crippen LogP contribution in [0.1, 0.15) is 29.3 Å². The topological polar surface area (TPSA) is 18.5 Å². The average Bonchev–Trinajstić information content (AvgIpc) is 2.92. The Balaban J connectivity index is 1.96. The lowest BCUT2D eigenvalue weighted by molar-refractivity contribution is 0.319. The Morgan fingerprint density at radius 1 is 1.33 bits per heavy atom. The highest BCUT2D eigenvalue weighted by atomic mass is 79.9. The molecule has 0 N–H and O–H groups in total. The molecule has 110 valence electrons. The first-order valence-electron chi connectivity index (χ1n) is 6.98. The predicted octanol–water partition coefficient (Wildman–Crippen LogP) is 5.30. The first kappa shape index (κ1) is 14.7. The van der Waals surface area contributed by atoms with Crippen LogP contribution in [0.15, 0.2) is 46.9 Å². The predicted molar refractivity (Wildman–Crippen MR) is 88.6 cm³/mol. The summed E-state index contributed by atoms with van der Waals surface area (Å²) in [5.41, 5.74) is 2.16. The number of hydrogen-bond donors (Lipinski definition) is 0. The fraction of sp³-hybridized carbons (Fsp3) is 0.294. The van der Waals surface area contributed by atoms with Gasteiger partial charge >= 0.3 is 0 Å². The molecule has 0 amide bonds. The van der Waals surface area contributed by atoms with Gasteiger partial charge in [0.25, 0.3) is 0 Å². The summed E-state index contributed by atoms with van der Waals surface area (Å²) in [6, 6.07) is 14.0. The molecule has 0 saturated carbocycles. The maximum atomic E-state index is 6.77. The summed E-state index contributed by atoms with van der Waals surface area (Å²) in [5.74, 6) is 1.91. The van der Waals surface area contributed by atoms with Crippen LogP contribution in [0.4, 0.5) is 0 Å². The molecule has 2 unspecified atom stereocenters. The Labute approximate surface area is 138 Å². The van der Waals surface area contributed by atoms with E-state index in [-0.39, 0.29) is 11.3 Å². The smallest absolute Gasteiger partial charge is 0.124 e. The summed E-state index contributed by atoms with van der Waals surface area (Å²) in [4.78, 5) is 0. The van der Waals surface area contributed by atoms with Crippen LogP contribution in [-0.2, 0) is 0 Å². The molecule has 1 heterocycles. The SMILES string of the molecule is CCOc1ccc(Br)cc1C(Cl)C1COc2ccccc21. The average molecular weight is 368 g/mol. The zero-order chi connectivity index (χ0) is 14.8. The first-order valence-corrected chi connectivity index (χ1v) is 8.21. The van der Waals surface area contributed by atoms with E-state index >= 15 is 0 Å². The summed E-state index contributed by atoms with van der Waals surface area (Å²) in [6.07, 6.45) is 0. The van der Waals surface area contributed by atoms with Gasteiger partial charge in [-0.3, -0.25) is 0 Å². The largest absolute Gasteiger partial charge is 0.494 e. The number of ether oxygens (including phenoxy) is 2. The fourth-order valence-electron chi connectivity index (χ4n) is 2.67. The molecule has 3 rings (SSSR count). The third-order valence-electron chi connectivity index (χ3n) is 3.66.